The fourth-order valence-corrected chi connectivity index (χ4v) is 3.04. The Morgan fingerprint density at radius 3 is 3.00 bits per heavy atom. The van der Waals surface area contributed by atoms with E-state index in [1.54, 1.807) is 11.8 Å². The fraction of sp³-hybridized carbons (Fsp3) is 0.833. The van der Waals surface area contributed by atoms with Crippen molar-refractivity contribution in [1.29, 1.82) is 0 Å². The fourth-order valence-electron chi connectivity index (χ4n) is 1.70. The number of amides is 1. The zero-order valence-electron chi connectivity index (χ0n) is 10.6. The summed E-state index contributed by atoms with van der Waals surface area (Å²) < 4.78 is 0. The molecule has 1 aliphatic carbocycles. The minimum absolute atomic E-state index is 0.154. The van der Waals surface area contributed by atoms with E-state index in [1.807, 2.05) is 0 Å². The Kier molecular flexibility index (Phi) is 3.97. The van der Waals surface area contributed by atoms with E-state index in [0.29, 0.717) is 19.0 Å². The van der Waals surface area contributed by atoms with Gasteiger partial charge in [0.05, 0.1) is 6.54 Å². The van der Waals surface area contributed by atoms with Crippen molar-refractivity contribution in [1.82, 2.24) is 10.6 Å². The van der Waals surface area contributed by atoms with Crippen LogP contribution in [-0.2, 0) is 4.79 Å². The molecule has 1 aliphatic heterocycles. The molecular formula is C12H21N3OS. The first-order valence-corrected chi connectivity index (χ1v) is 7.28. The average Bonchev–Trinajstić information content (AvgIpc) is 3.06. The summed E-state index contributed by atoms with van der Waals surface area (Å²) in [7, 11) is 0. The van der Waals surface area contributed by atoms with Gasteiger partial charge in [0.2, 0.25) is 5.91 Å². The first-order valence-electron chi connectivity index (χ1n) is 6.30. The first kappa shape index (κ1) is 12.7. The van der Waals surface area contributed by atoms with E-state index in [-0.39, 0.29) is 11.4 Å². The monoisotopic (exact) mass is 255 g/mol. The second-order valence-corrected chi connectivity index (χ2v) is 6.44. The van der Waals surface area contributed by atoms with Crippen LogP contribution in [0.25, 0.3) is 0 Å². The predicted molar refractivity (Wildman–Crippen MR) is 72.3 cm³/mol. The van der Waals surface area contributed by atoms with Crippen molar-refractivity contribution >= 4 is 22.8 Å². The molecule has 0 aromatic carbocycles. The van der Waals surface area contributed by atoms with E-state index in [4.69, 9.17) is 0 Å². The second kappa shape index (κ2) is 5.29. The molecule has 17 heavy (non-hydrogen) atoms. The summed E-state index contributed by atoms with van der Waals surface area (Å²) in [5.74, 6) is 1.62. The molecule has 0 bridgehead atoms. The molecule has 0 radical (unpaired) electrons. The van der Waals surface area contributed by atoms with E-state index in [9.17, 15) is 4.79 Å². The number of rotatable bonds is 4. The summed E-state index contributed by atoms with van der Waals surface area (Å²) in [5, 5.41) is 7.35. The van der Waals surface area contributed by atoms with E-state index >= 15 is 0 Å². The van der Waals surface area contributed by atoms with Crippen LogP contribution in [0.1, 0.15) is 33.1 Å². The van der Waals surface area contributed by atoms with Gasteiger partial charge < -0.3 is 10.6 Å². The Bertz CT molecular complexity index is 324. The van der Waals surface area contributed by atoms with Crippen molar-refractivity contribution in [2.75, 3.05) is 18.8 Å². The number of aliphatic imine (C=N–C) groups is 1. The molecule has 0 unspecified atom stereocenters. The predicted octanol–water partition coefficient (Wildman–Crippen LogP) is 1.37. The van der Waals surface area contributed by atoms with Crippen LogP contribution >= 0.6 is 11.8 Å². The summed E-state index contributed by atoms with van der Waals surface area (Å²) in [6, 6.07) is 0. The zero-order chi connectivity index (χ0) is 12.3. The van der Waals surface area contributed by atoms with E-state index in [0.717, 1.165) is 30.2 Å². The minimum atomic E-state index is 0.154. The van der Waals surface area contributed by atoms with E-state index in [2.05, 4.69) is 29.5 Å². The van der Waals surface area contributed by atoms with Crippen molar-refractivity contribution in [2.24, 2.45) is 10.9 Å². The SMILES string of the molecule is CC1(C)CCSC(=NCCNC(=O)C2CC2)N1. The molecule has 96 valence electrons. The van der Waals surface area contributed by atoms with Crippen molar-refractivity contribution in [3.05, 3.63) is 0 Å². The molecular weight excluding hydrogens is 234 g/mol. The zero-order valence-corrected chi connectivity index (χ0v) is 11.4. The third-order valence-corrected chi connectivity index (χ3v) is 3.94. The smallest absolute Gasteiger partial charge is 0.223 e. The van der Waals surface area contributed by atoms with Crippen molar-refractivity contribution < 1.29 is 4.79 Å². The lowest BCUT2D eigenvalue weighted by atomic mass is 10.0. The summed E-state index contributed by atoms with van der Waals surface area (Å²) in [6.07, 6.45) is 3.28. The summed E-state index contributed by atoms with van der Waals surface area (Å²) >= 11 is 1.77. The van der Waals surface area contributed by atoms with Gasteiger partial charge in [-0.3, -0.25) is 9.79 Å². The lowest BCUT2D eigenvalue weighted by molar-refractivity contribution is -0.122. The van der Waals surface area contributed by atoms with Gasteiger partial charge in [-0.15, -0.1) is 0 Å². The maximum Gasteiger partial charge on any atom is 0.223 e. The molecule has 0 spiro atoms. The van der Waals surface area contributed by atoms with Crippen LogP contribution in [0.2, 0.25) is 0 Å². The van der Waals surface area contributed by atoms with Crippen LogP contribution in [0.5, 0.6) is 0 Å². The van der Waals surface area contributed by atoms with E-state index in [1.165, 1.54) is 0 Å². The van der Waals surface area contributed by atoms with Crippen LogP contribution in [-0.4, -0.2) is 35.5 Å². The topological polar surface area (TPSA) is 53.5 Å². The van der Waals surface area contributed by atoms with Crippen LogP contribution < -0.4 is 10.6 Å². The molecule has 5 heteroatoms. The van der Waals surface area contributed by atoms with Crippen LogP contribution in [0.4, 0.5) is 0 Å². The molecule has 1 saturated carbocycles. The third kappa shape index (κ3) is 4.22. The van der Waals surface area contributed by atoms with Crippen LogP contribution in [0, 0.1) is 5.92 Å². The minimum Gasteiger partial charge on any atom is -0.360 e. The number of carbonyl (C=O) groups excluding carboxylic acids is 1. The molecule has 1 heterocycles. The summed E-state index contributed by atoms with van der Waals surface area (Å²) in [6.45, 7) is 5.71. The number of hydrogen-bond acceptors (Lipinski definition) is 3. The molecule has 2 rings (SSSR count). The molecule has 1 saturated heterocycles. The van der Waals surface area contributed by atoms with Crippen LogP contribution in [0.15, 0.2) is 4.99 Å². The van der Waals surface area contributed by atoms with Crippen molar-refractivity contribution in [2.45, 2.75) is 38.6 Å². The number of amidine groups is 1. The van der Waals surface area contributed by atoms with Gasteiger partial charge in [-0.1, -0.05) is 11.8 Å². The molecule has 1 amide bonds. The lowest BCUT2D eigenvalue weighted by Gasteiger charge is -2.32. The highest BCUT2D eigenvalue weighted by atomic mass is 32.2. The Morgan fingerprint density at radius 2 is 2.35 bits per heavy atom. The van der Waals surface area contributed by atoms with E-state index < -0.39 is 0 Å². The molecule has 2 fully saturated rings. The Labute approximate surface area is 107 Å². The highest BCUT2D eigenvalue weighted by Crippen LogP contribution is 2.28. The Morgan fingerprint density at radius 1 is 1.59 bits per heavy atom. The maximum atomic E-state index is 11.4. The molecule has 2 aliphatic rings. The van der Waals surface area contributed by atoms with Gasteiger partial charge in [0, 0.05) is 23.8 Å². The Hall–Kier alpha value is -0.710. The van der Waals surface area contributed by atoms with Crippen molar-refractivity contribution in [3.63, 3.8) is 0 Å². The Balaban J connectivity index is 1.67. The van der Waals surface area contributed by atoms with Gasteiger partial charge in [0.25, 0.3) is 0 Å². The van der Waals surface area contributed by atoms with Crippen LogP contribution in [0.3, 0.4) is 0 Å². The largest absolute Gasteiger partial charge is 0.360 e. The number of nitrogens with zero attached hydrogens (tertiary/aromatic N) is 1. The summed E-state index contributed by atoms with van der Waals surface area (Å²) in [5.41, 5.74) is 0.154. The van der Waals surface area contributed by atoms with Crippen molar-refractivity contribution in [3.8, 4) is 0 Å². The third-order valence-electron chi connectivity index (χ3n) is 3.03. The highest BCUT2D eigenvalue weighted by molar-refractivity contribution is 8.13. The standard InChI is InChI=1S/C12H21N3OS/c1-12(2)5-8-17-11(15-12)14-7-6-13-10(16)9-3-4-9/h9H,3-8H2,1-2H3,(H,13,16)(H,14,15). The number of nitrogens with one attached hydrogen (secondary N) is 2. The first-order chi connectivity index (χ1) is 8.07. The average molecular weight is 255 g/mol. The number of carbonyl (C=O) groups is 1. The highest BCUT2D eigenvalue weighted by Gasteiger charge is 2.29. The van der Waals surface area contributed by atoms with Gasteiger partial charge in [-0.05, 0) is 33.1 Å². The lowest BCUT2D eigenvalue weighted by Crippen LogP contribution is -2.46. The normalized spacial score (nSPS) is 25.4. The number of thioether (sulfide) groups is 1. The molecule has 2 N–H and O–H groups in total. The molecule has 0 atom stereocenters. The van der Waals surface area contributed by atoms with Gasteiger partial charge >= 0.3 is 0 Å². The quantitative estimate of drug-likeness (QED) is 0.746. The molecule has 0 aromatic heterocycles. The number of hydrogen-bond donors (Lipinski definition) is 2. The summed E-state index contributed by atoms with van der Waals surface area (Å²) in [4.78, 5) is 15.9. The van der Waals surface area contributed by atoms with Gasteiger partial charge in [-0.2, -0.15) is 0 Å². The van der Waals surface area contributed by atoms with Gasteiger partial charge in [0.15, 0.2) is 5.17 Å². The maximum absolute atomic E-state index is 11.4. The second-order valence-electron chi connectivity index (χ2n) is 5.36. The molecule has 0 aromatic rings. The molecule has 4 nitrogen and oxygen atoms in total. The van der Waals surface area contributed by atoms with Gasteiger partial charge in [-0.25, -0.2) is 0 Å². The van der Waals surface area contributed by atoms with Gasteiger partial charge in [0.1, 0.15) is 0 Å².